The highest BCUT2D eigenvalue weighted by Crippen LogP contribution is 2.77. The average molecular weight is 454 g/mol. The highest BCUT2D eigenvalue weighted by atomic mass is 16.5. The number of phenols is 1. The molecule has 0 aromatic heterocycles. The smallest absolute Gasteiger partial charge is 0.165 e. The van der Waals surface area contributed by atoms with Crippen molar-refractivity contribution < 1.29 is 20.1 Å². The normalized spacial score (nSPS) is 44.8. The fraction of sp³-hybridized carbons (Fsp3) is 0.786. The zero-order valence-corrected chi connectivity index (χ0v) is 20.5. The number of hydrogen-bond acceptors (Lipinski definition) is 5. The summed E-state index contributed by atoms with van der Waals surface area (Å²) < 4.78 is 6.68. The van der Waals surface area contributed by atoms with E-state index in [1.807, 2.05) is 6.92 Å². The predicted octanol–water partition coefficient (Wildman–Crippen LogP) is 3.76. The molecule has 5 fully saturated rings. The van der Waals surface area contributed by atoms with Gasteiger partial charge in [-0.3, -0.25) is 4.90 Å². The number of nitrogens with zero attached hydrogens (tertiary/aromatic N) is 1. The molecule has 8 rings (SSSR count). The standard InChI is InChI=1S/C28H39NO4/c1-24(2,3)25(4,31)19-14-26-9-10-28(19,32)23-27(26)11-12-29(15-16-5-6-16)20(26)13-17-7-8-18(30)22(33-23)21(17)27/h7-8,16,19-20,23,30-32H,5-6,9-15H2,1-4H3/t19?,20-,23?,25?,26+,27+,28?/m1/s1. The molecule has 0 radical (unpaired) electrons. The first-order valence-corrected chi connectivity index (χ1v) is 13.2. The van der Waals surface area contributed by atoms with Crippen LogP contribution in [0.5, 0.6) is 11.5 Å². The summed E-state index contributed by atoms with van der Waals surface area (Å²) in [7, 11) is 0. The third-order valence-corrected chi connectivity index (χ3v) is 11.5. The van der Waals surface area contributed by atoms with Gasteiger partial charge in [0.25, 0.3) is 0 Å². The van der Waals surface area contributed by atoms with Gasteiger partial charge < -0.3 is 20.1 Å². The van der Waals surface area contributed by atoms with Crippen LogP contribution in [0.4, 0.5) is 0 Å². The van der Waals surface area contributed by atoms with Crippen LogP contribution in [0.15, 0.2) is 12.1 Å². The van der Waals surface area contributed by atoms with Crippen molar-refractivity contribution in [3.05, 3.63) is 23.3 Å². The molecule has 33 heavy (non-hydrogen) atoms. The highest BCUT2D eigenvalue weighted by molar-refractivity contribution is 5.63. The molecule has 2 aliphatic heterocycles. The van der Waals surface area contributed by atoms with Gasteiger partial charge in [0.1, 0.15) is 11.7 Å². The Bertz CT molecular complexity index is 1040. The van der Waals surface area contributed by atoms with Crippen molar-refractivity contribution in [1.82, 2.24) is 4.90 Å². The van der Waals surface area contributed by atoms with E-state index in [0.29, 0.717) is 18.2 Å². The van der Waals surface area contributed by atoms with Gasteiger partial charge in [0, 0.05) is 34.9 Å². The molecule has 5 heteroatoms. The molecule has 0 amide bonds. The maximum Gasteiger partial charge on any atom is 0.165 e. The van der Waals surface area contributed by atoms with Gasteiger partial charge in [0.05, 0.1) is 5.60 Å². The maximum atomic E-state index is 12.5. The molecule has 1 aromatic rings. The molecule has 1 aromatic carbocycles. The molecular weight excluding hydrogens is 414 g/mol. The van der Waals surface area contributed by atoms with Gasteiger partial charge >= 0.3 is 0 Å². The Morgan fingerprint density at radius 2 is 1.88 bits per heavy atom. The van der Waals surface area contributed by atoms with Gasteiger partial charge in [-0.2, -0.15) is 0 Å². The van der Waals surface area contributed by atoms with Gasteiger partial charge in [-0.05, 0) is 81.4 Å². The van der Waals surface area contributed by atoms with Crippen LogP contribution in [-0.2, 0) is 11.8 Å². The number of benzene rings is 1. The molecule has 2 spiro atoms. The monoisotopic (exact) mass is 453 g/mol. The Labute approximate surface area is 197 Å². The minimum absolute atomic E-state index is 0.0404. The zero-order chi connectivity index (χ0) is 23.2. The number of hydrogen-bond donors (Lipinski definition) is 3. The predicted molar refractivity (Wildman–Crippen MR) is 125 cm³/mol. The molecule has 5 aliphatic carbocycles. The number of rotatable bonds is 3. The minimum Gasteiger partial charge on any atom is -0.504 e. The number of ether oxygens (including phenoxy) is 1. The summed E-state index contributed by atoms with van der Waals surface area (Å²) >= 11 is 0. The summed E-state index contributed by atoms with van der Waals surface area (Å²) in [5, 5.41) is 35.3. The molecule has 180 valence electrons. The summed E-state index contributed by atoms with van der Waals surface area (Å²) in [4.78, 5) is 2.77. The van der Waals surface area contributed by atoms with E-state index in [1.54, 1.807) is 6.07 Å². The van der Waals surface area contributed by atoms with Crippen molar-refractivity contribution >= 4 is 0 Å². The number of piperidine rings is 1. The number of aromatic hydroxyl groups is 1. The van der Waals surface area contributed by atoms with E-state index in [1.165, 1.54) is 30.5 Å². The second-order valence-electron chi connectivity index (χ2n) is 13.6. The van der Waals surface area contributed by atoms with E-state index < -0.39 is 17.3 Å². The topological polar surface area (TPSA) is 73.2 Å². The van der Waals surface area contributed by atoms with Crippen LogP contribution in [0.2, 0.25) is 0 Å². The first-order valence-electron chi connectivity index (χ1n) is 13.2. The summed E-state index contributed by atoms with van der Waals surface area (Å²) in [5.41, 5.74) is -0.323. The van der Waals surface area contributed by atoms with E-state index in [4.69, 9.17) is 4.74 Å². The van der Waals surface area contributed by atoms with Crippen molar-refractivity contribution in [2.24, 2.45) is 22.7 Å². The molecule has 4 unspecified atom stereocenters. The maximum absolute atomic E-state index is 12.5. The Morgan fingerprint density at radius 1 is 1.12 bits per heavy atom. The Balaban J connectivity index is 1.46. The lowest BCUT2D eigenvalue weighted by Crippen LogP contribution is -2.82. The van der Waals surface area contributed by atoms with E-state index in [0.717, 1.165) is 38.1 Å². The lowest BCUT2D eigenvalue weighted by molar-refractivity contribution is -0.305. The van der Waals surface area contributed by atoms with Gasteiger partial charge in [0.15, 0.2) is 11.5 Å². The second kappa shape index (κ2) is 5.91. The molecule has 3 N–H and O–H groups in total. The van der Waals surface area contributed by atoms with Crippen molar-refractivity contribution in [1.29, 1.82) is 0 Å². The first kappa shape index (κ1) is 21.0. The van der Waals surface area contributed by atoms with E-state index in [-0.39, 0.29) is 27.9 Å². The average Bonchev–Trinajstić information content (AvgIpc) is 3.48. The summed E-state index contributed by atoms with van der Waals surface area (Å²) in [6.07, 6.45) is 6.71. The molecule has 5 nitrogen and oxygen atoms in total. The van der Waals surface area contributed by atoms with Crippen LogP contribution in [0.1, 0.15) is 77.3 Å². The number of phenolic OH excluding ortho intramolecular Hbond substituents is 1. The lowest BCUT2D eigenvalue weighted by atomic mass is 9.33. The molecule has 2 heterocycles. The van der Waals surface area contributed by atoms with Gasteiger partial charge in [0.2, 0.25) is 0 Å². The molecule has 7 aliphatic rings. The third-order valence-electron chi connectivity index (χ3n) is 11.5. The molecule has 1 saturated heterocycles. The van der Waals surface area contributed by atoms with Crippen molar-refractivity contribution in [3.63, 3.8) is 0 Å². The van der Waals surface area contributed by atoms with Gasteiger partial charge in [-0.15, -0.1) is 0 Å². The van der Waals surface area contributed by atoms with E-state index >= 15 is 0 Å². The van der Waals surface area contributed by atoms with Crippen molar-refractivity contribution in [3.8, 4) is 11.5 Å². The molecule has 4 bridgehead atoms. The zero-order valence-electron chi connectivity index (χ0n) is 20.5. The quantitative estimate of drug-likeness (QED) is 0.650. The van der Waals surface area contributed by atoms with E-state index in [2.05, 4.69) is 31.7 Å². The highest BCUT2D eigenvalue weighted by Gasteiger charge is 2.81. The minimum atomic E-state index is -1.11. The fourth-order valence-electron chi connectivity index (χ4n) is 9.26. The van der Waals surface area contributed by atoms with Gasteiger partial charge in [-0.1, -0.05) is 26.8 Å². The van der Waals surface area contributed by atoms with Crippen molar-refractivity contribution in [2.75, 3.05) is 13.1 Å². The van der Waals surface area contributed by atoms with Crippen LogP contribution in [-0.4, -0.2) is 56.7 Å². The molecule has 7 atom stereocenters. The van der Waals surface area contributed by atoms with E-state index in [9.17, 15) is 15.3 Å². The largest absolute Gasteiger partial charge is 0.504 e. The van der Waals surface area contributed by atoms with Crippen LogP contribution in [0.3, 0.4) is 0 Å². The Hall–Kier alpha value is -1.30. The number of likely N-dealkylation sites (tertiary alicyclic amines) is 1. The SMILES string of the molecule is CC(C)(C)C(C)(O)C1C[C@]23CCC1(O)C1Oc4c(O)ccc5c4[C@@]12CCN(CC1CC1)[C@@H]3C5. The third kappa shape index (κ3) is 2.22. The number of aliphatic hydroxyl groups is 2. The number of fused-ring (bicyclic) bond motifs is 2. The van der Waals surface area contributed by atoms with Crippen LogP contribution < -0.4 is 4.74 Å². The summed E-state index contributed by atoms with van der Waals surface area (Å²) in [5.74, 6) is 1.39. The first-order chi connectivity index (χ1) is 15.5. The second-order valence-corrected chi connectivity index (χ2v) is 13.6. The summed E-state index contributed by atoms with van der Waals surface area (Å²) in [6.45, 7) is 10.4. The van der Waals surface area contributed by atoms with Crippen LogP contribution in [0, 0.1) is 22.7 Å². The summed E-state index contributed by atoms with van der Waals surface area (Å²) in [6, 6.07) is 4.30. The fourth-order valence-corrected chi connectivity index (χ4v) is 9.26. The van der Waals surface area contributed by atoms with Crippen LogP contribution in [0.25, 0.3) is 0 Å². The van der Waals surface area contributed by atoms with Crippen LogP contribution >= 0.6 is 0 Å². The molecular formula is C28H39NO4. The Kier molecular flexibility index (Phi) is 3.76. The van der Waals surface area contributed by atoms with Crippen molar-refractivity contribution in [2.45, 2.75) is 101 Å². The van der Waals surface area contributed by atoms with Gasteiger partial charge in [-0.25, -0.2) is 0 Å². The molecule has 4 saturated carbocycles. The Morgan fingerprint density at radius 3 is 2.58 bits per heavy atom. The lowest BCUT2D eigenvalue weighted by Gasteiger charge is -2.75.